The fourth-order valence-corrected chi connectivity index (χ4v) is 2.16. The highest BCUT2D eigenvalue weighted by Gasteiger charge is 2.03. The van der Waals surface area contributed by atoms with E-state index in [9.17, 15) is 4.79 Å². The van der Waals surface area contributed by atoms with Crippen LogP contribution in [0.3, 0.4) is 0 Å². The minimum Gasteiger partial charge on any atom is -0.478 e. The van der Waals surface area contributed by atoms with Gasteiger partial charge in [0.1, 0.15) is 5.69 Å². The molecule has 0 unspecified atom stereocenters. The Morgan fingerprint density at radius 1 is 1.50 bits per heavy atom. The van der Waals surface area contributed by atoms with Crippen LogP contribution >= 0.6 is 11.3 Å². The zero-order valence-corrected chi connectivity index (χ0v) is 9.44. The van der Waals surface area contributed by atoms with E-state index in [0.717, 1.165) is 21.5 Å². The number of aryl methyl sites for hydroxylation is 1. The number of hydrogen-bond donors (Lipinski definition) is 1. The van der Waals surface area contributed by atoms with Gasteiger partial charge in [-0.05, 0) is 24.3 Å². The molecular formula is C11H10N2O2S. The summed E-state index contributed by atoms with van der Waals surface area (Å²) in [4.78, 5) is 12.3. The minimum absolute atomic E-state index is 0.905. The van der Waals surface area contributed by atoms with Gasteiger partial charge < -0.3 is 5.11 Å². The highest BCUT2D eigenvalue weighted by Crippen LogP contribution is 2.27. The molecule has 2 heterocycles. The van der Waals surface area contributed by atoms with Crippen molar-refractivity contribution in [2.45, 2.75) is 0 Å². The molecule has 2 aromatic heterocycles. The Bertz CT molecular complexity index is 540. The molecule has 0 aliphatic carbocycles. The van der Waals surface area contributed by atoms with Crippen molar-refractivity contribution in [2.75, 3.05) is 0 Å². The molecule has 2 aromatic rings. The van der Waals surface area contributed by atoms with E-state index in [1.807, 2.05) is 31.4 Å². The van der Waals surface area contributed by atoms with Gasteiger partial charge >= 0.3 is 5.97 Å². The molecule has 0 bridgehead atoms. The number of hydrogen-bond acceptors (Lipinski definition) is 3. The molecule has 0 atom stereocenters. The fourth-order valence-electron chi connectivity index (χ4n) is 1.28. The highest BCUT2D eigenvalue weighted by molar-refractivity contribution is 7.16. The number of aliphatic carboxylic acids is 1. The van der Waals surface area contributed by atoms with E-state index < -0.39 is 5.97 Å². The number of aromatic nitrogens is 2. The largest absolute Gasteiger partial charge is 0.478 e. The van der Waals surface area contributed by atoms with Crippen LogP contribution in [0, 0.1) is 0 Å². The highest BCUT2D eigenvalue weighted by atomic mass is 32.1. The molecule has 0 saturated carbocycles. The third-order valence-corrected chi connectivity index (χ3v) is 3.06. The number of carboxylic acids is 1. The predicted octanol–water partition coefficient (Wildman–Crippen LogP) is 2.25. The van der Waals surface area contributed by atoms with Gasteiger partial charge in [-0.15, -0.1) is 11.3 Å². The van der Waals surface area contributed by atoms with Crippen LogP contribution in [0.4, 0.5) is 0 Å². The first-order chi connectivity index (χ1) is 7.65. The Morgan fingerprint density at radius 3 is 2.94 bits per heavy atom. The van der Waals surface area contributed by atoms with Crippen molar-refractivity contribution >= 4 is 23.4 Å². The van der Waals surface area contributed by atoms with Crippen molar-refractivity contribution in [1.29, 1.82) is 0 Å². The van der Waals surface area contributed by atoms with Gasteiger partial charge in [-0.3, -0.25) is 4.68 Å². The number of nitrogens with zero attached hydrogens (tertiary/aromatic N) is 2. The molecule has 0 fully saturated rings. The van der Waals surface area contributed by atoms with Crippen LogP contribution < -0.4 is 0 Å². The zero-order valence-electron chi connectivity index (χ0n) is 8.62. The molecule has 0 radical (unpaired) electrons. The molecule has 0 saturated heterocycles. The maximum Gasteiger partial charge on any atom is 0.328 e. The fraction of sp³-hybridized carbons (Fsp3) is 0.0909. The summed E-state index contributed by atoms with van der Waals surface area (Å²) in [7, 11) is 1.86. The lowest BCUT2D eigenvalue weighted by Gasteiger charge is -1.88. The second kappa shape index (κ2) is 4.32. The molecule has 0 amide bonds. The van der Waals surface area contributed by atoms with Gasteiger partial charge in [0, 0.05) is 24.2 Å². The van der Waals surface area contributed by atoms with Crippen molar-refractivity contribution in [3.63, 3.8) is 0 Å². The molecular weight excluding hydrogens is 224 g/mol. The van der Waals surface area contributed by atoms with Crippen LogP contribution in [0.15, 0.2) is 30.5 Å². The quantitative estimate of drug-likeness (QED) is 0.829. The van der Waals surface area contributed by atoms with E-state index >= 15 is 0 Å². The van der Waals surface area contributed by atoms with Gasteiger partial charge in [-0.1, -0.05) is 0 Å². The lowest BCUT2D eigenvalue weighted by Crippen LogP contribution is -1.86. The summed E-state index contributed by atoms with van der Waals surface area (Å²) in [6, 6.07) is 5.75. The summed E-state index contributed by atoms with van der Waals surface area (Å²) in [5, 5.41) is 12.8. The van der Waals surface area contributed by atoms with Gasteiger partial charge in [-0.2, -0.15) is 5.10 Å². The number of carboxylic acid groups (broad SMARTS) is 1. The first kappa shape index (κ1) is 10.6. The molecule has 16 heavy (non-hydrogen) atoms. The zero-order chi connectivity index (χ0) is 11.5. The monoisotopic (exact) mass is 234 g/mol. The summed E-state index contributed by atoms with van der Waals surface area (Å²) in [6.45, 7) is 0. The smallest absolute Gasteiger partial charge is 0.328 e. The van der Waals surface area contributed by atoms with Crippen molar-refractivity contribution in [3.05, 3.63) is 35.3 Å². The van der Waals surface area contributed by atoms with E-state index in [1.54, 1.807) is 10.8 Å². The Morgan fingerprint density at radius 2 is 2.31 bits per heavy atom. The SMILES string of the molecule is Cn1ccc(-c2ccc(C=CC(=O)O)s2)n1. The molecule has 4 nitrogen and oxygen atoms in total. The number of thiophene rings is 1. The van der Waals surface area contributed by atoms with Gasteiger partial charge in [0.15, 0.2) is 0 Å². The maximum absolute atomic E-state index is 10.4. The molecule has 5 heteroatoms. The molecule has 2 rings (SSSR count). The van der Waals surface area contributed by atoms with Gasteiger partial charge in [0.25, 0.3) is 0 Å². The Hall–Kier alpha value is -1.88. The standard InChI is InChI=1S/C11H10N2O2S/c1-13-7-6-9(12-13)10-4-2-8(16-10)3-5-11(14)15/h2-7H,1H3,(H,14,15). The van der Waals surface area contributed by atoms with E-state index in [4.69, 9.17) is 5.11 Å². The summed E-state index contributed by atoms with van der Waals surface area (Å²) in [6.07, 6.45) is 4.59. The van der Waals surface area contributed by atoms with Crippen LogP contribution in [-0.4, -0.2) is 20.9 Å². The normalized spacial score (nSPS) is 11.1. The summed E-state index contributed by atoms with van der Waals surface area (Å²) in [5.74, 6) is -0.937. The maximum atomic E-state index is 10.4. The van der Waals surface area contributed by atoms with Crippen molar-refractivity contribution in [3.8, 4) is 10.6 Å². The van der Waals surface area contributed by atoms with Crippen molar-refractivity contribution in [1.82, 2.24) is 9.78 Å². The lowest BCUT2D eigenvalue weighted by molar-refractivity contribution is -0.131. The Kier molecular flexibility index (Phi) is 2.87. The predicted molar refractivity (Wildman–Crippen MR) is 63.2 cm³/mol. The number of rotatable bonds is 3. The summed E-state index contributed by atoms with van der Waals surface area (Å²) >= 11 is 1.52. The van der Waals surface area contributed by atoms with E-state index in [2.05, 4.69) is 5.10 Å². The average molecular weight is 234 g/mol. The summed E-state index contributed by atoms with van der Waals surface area (Å²) in [5.41, 5.74) is 0.905. The van der Waals surface area contributed by atoms with Gasteiger partial charge in [0.2, 0.25) is 0 Å². The van der Waals surface area contributed by atoms with Crippen molar-refractivity contribution < 1.29 is 9.90 Å². The third-order valence-electron chi connectivity index (χ3n) is 1.98. The van der Waals surface area contributed by atoms with Crippen molar-refractivity contribution in [2.24, 2.45) is 7.05 Å². The van der Waals surface area contributed by atoms with Crippen LogP contribution in [0.2, 0.25) is 0 Å². The van der Waals surface area contributed by atoms with Crippen LogP contribution in [0.25, 0.3) is 16.6 Å². The third kappa shape index (κ3) is 2.38. The van der Waals surface area contributed by atoms with Crippen LogP contribution in [0.5, 0.6) is 0 Å². The molecule has 0 aromatic carbocycles. The lowest BCUT2D eigenvalue weighted by atomic mass is 10.3. The topological polar surface area (TPSA) is 55.1 Å². The molecule has 82 valence electrons. The van der Waals surface area contributed by atoms with E-state index in [0.29, 0.717) is 0 Å². The van der Waals surface area contributed by atoms with Gasteiger partial charge in [0.05, 0.1) is 4.88 Å². The minimum atomic E-state index is -0.937. The second-order valence-electron chi connectivity index (χ2n) is 3.25. The van der Waals surface area contributed by atoms with Crippen LogP contribution in [0.1, 0.15) is 4.88 Å². The number of carbonyl (C=O) groups is 1. The summed E-state index contributed by atoms with van der Waals surface area (Å²) < 4.78 is 1.74. The second-order valence-corrected chi connectivity index (χ2v) is 4.36. The van der Waals surface area contributed by atoms with Gasteiger partial charge in [-0.25, -0.2) is 4.79 Å². The van der Waals surface area contributed by atoms with E-state index in [-0.39, 0.29) is 0 Å². The van der Waals surface area contributed by atoms with E-state index in [1.165, 1.54) is 11.3 Å². The first-order valence-corrected chi connectivity index (χ1v) is 5.47. The molecule has 0 aliphatic heterocycles. The molecule has 1 N–H and O–H groups in total. The Balaban J connectivity index is 2.23. The molecule has 0 aliphatic rings. The van der Waals surface area contributed by atoms with Crippen LogP contribution in [-0.2, 0) is 11.8 Å². The average Bonchev–Trinajstić information content (AvgIpc) is 2.83. The Labute approximate surface area is 96.5 Å². The molecule has 0 spiro atoms. The first-order valence-electron chi connectivity index (χ1n) is 4.66.